The van der Waals surface area contributed by atoms with Gasteiger partial charge in [-0.25, -0.2) is 15.0 Å². The van der Waals surface area contributed by atoms with Crippen molar-refractivity contribution in [1.82, 2.24) is 24.3 Å². The van der Waals surface area contributed by atoms with E-state index in [9.17, 15) is 13.2 Å². The largest absolute Gasteiger partial charge is 0.434 e. The fourth-order valence-corrected chi connectivity index (χ4v) is 3.44. The van der Waals surface area contributed by atoms with Crippen molar-refractivity contribution >= 4 is 23.2 Å². The summed E-state index contributed by atoms with van der Waals surface area (Å²) < 4.78 is 40.5. The van der Waals surface area contributed by atoms with E-state index < -0.39 is 11.9 Å². The van der Waals surface area contributed by atoms with Crippen molar-refractivity contribution in [3.05, 3.63) is 36.5 Å². The van der Waals surface area contributed by atoms with Crippen LogP contribution in [0.15, 0.2) is 30.9 Å². The van der Waals surface area contributed by atoms with E-state index in [1.54, 1.807) is 6.20 Å². The molecule has 3 aromatic rings. The Morgan fingerprint density at radius 1 is 1.10 bits per heavy atom. The molecule has 0 bridgehead atoms. The maximum absolute atomic E-state index is 13.0. The molecule has 29 heavy (non-hydrogen) atoms. The van der Waals surface area contributed by atoms with Crippen LogP contribution in [0.3, 0.4) is 0 Å². The molecule has 154 valence electrons. The summed E-state index contributed by atoms with van der Waals surface area (Å²) in [7, 11) is 5.75. The number of likely N-dealkylation sites (N-methyl/N-ethyl adjacent to an activating group) is 1. The zero-order valence-corrected chi connectivity index (χ0v) is 16.3. The highest BCUT2D eigenvalue weighted by atomic mass is 19.4. The average Bonchev–Trinajstić information content (AvgIpc) is 3.34. The summed E-state index contributed by atoms with van der Waals surface area (Å²) in [6, 6.07) is 1.94. The van der Waals surface area contributed by atoms with E-state index in [1.165, 1.54) is 16.8 Å². The Morgan fingerprint density at radius 2 is 1.90 bits per heavy atom. The topological polar surface area (TPSA) is 65.7 Å². The van der Waals surface area contributed by atoms with Crippen LogP contribution in [0.4, 0.5) is 30.8 Å². The lowest BCUT2D eigenvalue weighted by Gasteiger charge is -2.26. The molecule has 0 aromatic carbocycles. The minimum absolute atomic E-state index is 0.103. The van der Waals surface area contributed by atoms with Gasteiger partial charge in [0.15, 0.2) is 17.2 Å². The molecular weight excluding hydrogens is 385 g/mol. The number of fused-ring (bicyclic) bond motifs is 1. The number of imidazole rings is 1. The van der Waals surface area contributed by atoms with Crippen molar-refractivity contribution in [3.63, 3.8) is 0 Å². The Labute approximate surface area is 165 Å². The van der Waals surface area contributed by atoms with Gasteiger partial charge in [0, 0.05) is 59.0 Å². The SMILES string of the molecule is CN(C)c1ccnc(N(C)C2CCN(c3nccn4cc(C(F)(F)F)nc34)C2)n1. The van der Waals surface area contributed by atoms with E-state index >= 15 is 0 Å². The van der Waals surface area contributed by atoms with E-state index in [0.717, 1.165) is 18.4 Å². The summed E-state index contributed by atoms with van der Waals surface area (Å²) in [6.45, 7) is 1.25. The predicted molar refractivity (Wildman–Crippen MR) is 103 cm³/mol. The molecule has 11 heteroatoms. The highest BCUT2D eigenvalue weighted by molar-refractivity contribution is 5.65. The van der Waals surface area contributed by atoms with Gasteiger partial charge in [0.1, 0.15) is 5.82 Å². The molecule has 1 saturated heterocycles. The van der Waals surface area contributed by atoms with Crippen LogP contribution in [0.1, 0.15) is 12.1 Å². The Balaban J connectivity index is 1.57. The number of alkyl halides is 3. The number of nitrogens with zero attached hydrogens (tertiary/aromatic N) is 8. The van der Waals surface area contributed by atoms with Gasteiger partial charge in [-0.1, -0.05) is 0 Å². The van der Waals surface area contributed by atoms with Gasteiger partial charge in [0.2, 0.25) is 5.95 Å². The molecule has 1 aliphatic heterocycles. The maximum atomic E-state index is 13.0. The van der Waals surface area contributed by atoms with E-state index in [4.69, 9.17) is 0 Å². The molecule has 4 rings (SSSR count). The number of anilines is 3. The molecular formula is C18H21F3N8. The van der Waals surface area contributed by atoms with Crippen LogP contribution < -0.4 is 14.7 Å². The minimum Gasteiger partial charge on any atom is -0.363 e. The highest BCUT2D eigenvalue weighted by Gasteiger charge is 2.35. The maximum Gasteiger partial charge on any atom is 0.434 e. The fraction of sp³-hybridized carbons (Fsp3) is 0.444. The van der Waals surface area contributed by atoms with E-state index in [2.05, 4.69) is 19.9 Å². The second-order valence-corrected chi connectivity index (χ2v) is 7.21. The number of aromatic nitrogens is 5. The molecule has 4 heterocycles. The molecule has 0 aliphatic carbocycles. The lowest BCUT2D eigenvalue weighted by Crippen LogP contribution is -2.36. The molecule has 8 nitrogen and oxygen atoms in total. The van der Waals surface area contributed by atoms with Gasteiger partial charge in [-0.15, -0.1) is 0 Å². The Hall–Kier alpha value is -3.11. The number of rotatable bonds is 4. The van der Waals surface area contributed by atoms with Crippen LogP contribution >= 0.6 is 0 Å². The van der Waals surface area contributed by atoms with Crippen molar-refractivity contribution in [2.45, 2.75) is 18.6 Å². The van der Waals surface area contributed by atoms with Crippen molar-refractivity contribution in [2.24, 2.45) is 0 Å². The monoisotopic (exact) mass is 406 g/mol. The molecule has 1 aliphatic rings. The second-order valence-electron chi connectivity index (χ2n) is 7.21. The number of hydrogen-bond acceptors (Lipinski definition) is 7. The van der Waals surface area contributed by atoms with Gasteiger partial charge in [-0.3, -0.25) is 0 Å². The molecule has 1 unspecified atom stereocenters. The van der Waals surface area contributed by atoms with Gasteiger partial charge < -0.3 is 19.1 Å². The van der Waals surface area contributed by atoms with Gasteiger partial charge in [0.05, 0.1) is 6.04 Å². The van der Waals surface area contributed by atoms with Crippen LogP contribution in [-0.4, -0.2) is 64.6 Å². The molecule has 0 radical (unpaired) electrons. The first kappa shape index (κ1) is 19.2. The van der Waals surface area contributed by atoms with Gasteiger partial charge in [-0.2, -0.15) is 18.2 Å². The van der Waals surface area contributed by atoms with Gasteiger partial charge >= 0.3 is 6.18 Å². The van der Waals surface area contributed by atoms with Crippen LogP contribution in [0.5, 0.6) is 0 Å². The van der Waals surface area contributed by atoms with Crippen LogP contribution in [0.25, 0.3) is 5.65 Å². The van der Waals surface area contributed by atoms with Gasteiger partial charge in [0.25, 0.3) is 0 Å². The third-order valence-electron chi connectivity index (χ3n) is 5.06. The Bertz CT molecular complexity index is 1020. The first-order valence-electron chi connectivity index (χ1n) is 9.13. The summed E-state index contributed by atoms with van der Waals surface area (Å²) >= 11 is 0. The normalized spacial score (nSPS) is 17.2. The fourth-order valence-electron chi connectivity index (χ4n) is 3.44. The Morgan fingerprint density at radius 3 is 2.62 bits per heavy atom. The summed E-state index contributed by atoms with van der Waals surface area (Å²) in [5, 5.41) is 0. The quantitative estimate of drug-likeness (QED) is 0.659. The average molecular weight is 406 g/mol. The first-order valence-corrected chi connectivity index (χ1v) is 9.13. The highest BCUT2D eigenvalue weighted by Crippen LogP contribution is 2.31. The molecule has 1 fully saturated rings. The van der Waals surface area contributed by atoms with Gasteiger partial charge in [-0.05, 0) is 12.5 Å². The lowest BCUT2D eigenvalue weighted by atomic mass is 10.2. The molecule has 0 amide bonds. The third-order valence-corrected chi connectivity index (χ3v) is 5.06. The summed E-state index contributed by atoms with van der Waals surface area (Å²) in [4.78, 5) is 22.9. The molecule has 0 saturated carbocycles. The first-order chi connectivity index (χ1) is 13.7. The van der Waals surface area contributed by atoms with Crippen molar-refractivity contribution in [2.75, 3.05) is 48.9 Å². The zero-order chi connectivity index (χ0) is 20.8. The zero-order valence-electron chi connectivity index (χ0n) is 16.3. The van der Waals surface area contributed by atoms with Crippen molar-refractivity contribution in [1.29, 1.82) is 0 Å². The molecule has 0 N–H and O–H groups in total. The Kier molecular flexibility index (Phi) is 4.67. The summed E-state index contributed by atoms with van der Waals surface area (Å²) in [5.41, 5.74) is -0.720. The standard InChI is InChI=1S/C18H21F3N8/c1-26(2)14-4-6-23-17(25-14)27(3)12-5-8-28(10-12)15-16-24-13(18(19,20)21)11-29(16)9-7-22-15/h4,6-7,9,11-12H,5,8,10H2,1-3H3. The van der Waals surface area contributed by atoms with E-state index in [1.807, 2.05) is 41.9 Å². The van der Waals surface area contributed by atoms with Crippen LogP contribution in [0.2, 0.25) is 0 Å². The van der Waals surface area contributed by atoms with Crippen LogP contribution in [0, 0.1) is 0 Å². The van der Waals surface area contributed by atoms with Crippen LogP contribution in [-0.2, 0) is 6.18 Å². The smallest absolute Gasteiger partial charge is 0.363 e. The lowest BCUT2D eigenvalue weighted by molar-refractivity contribution is -0.140. The summed E-state index contributed by atoms with van der Waals surface area (Å²) in [5.74, 6) is 1.86. The number of halogens is 3. The van der Waals surface area contributed by atoms with Crippen molar-refractivity contribution < 1.29 is 13.2 Å². The predicted octanol–water partition coefficient (Wildman–Crippen LogP) is 2.32. The molecule has 3 aromatic heterocycles. The molecule has 0 spiro atoms. The number of hydrogen-bond donors (Lipinski definition) is 0. The van der Waals surface area contributed by atoms with E-state index in [0.29, 0.717) is 24.9 Å². The van der Waals surface area contributed by atoms with Crippen molar-refractivity contribution in [3.8, 4) is 0 Å². The third kappa shape index (κ3) is 3.64. The van der Waals surface area contributed by atoms with E-state index in [-0.39, 0.29) is 11.7 Å². The second kappa shape index (κ2) is 7.05. The minimum atomic E-state index is -4.49. The summed E-state index contributed by atoms with van der Waals surface area (Å²) in [6.07, 6.45) is 1.98. The molecule has 1 atom stereocenters.